The van der Waals surface area contributed by atoms with Gasteiger partial charge in [-0.05, 0) is 42.8 Å². The summed E-state index contributed by atoms with van der Waals surface area (Å²) in [5, 5.41) is 14.3. The number of aliphatic carboxylic acids is 1. The van der Waals surface area contributed by atoms with Gasteiger partial charge in [0.05, 0.1) is 22.8 Å². The number of anilines is 1. The molecular weight excluding hydrogens is 547 g/mol. The summed E-state index contributed by atoms with van der Waals surface area (Å²) in [6, 6.07) is 18.2. The van der Waals surface area contributed by atoms with Crippen LogP contribution in [0.3, 0.4) is 0 Å². The van der Waals surface area contributed by atoms with Crippen molar-refractivity contribution in [1.29, 1.82) is 0 Å². The van der Waals surface area contributed by atoms with Crippen LogP contribution >= 0.6 is 34.5 Å². The number of thiazole rings is 1. The molecule has 0 aliphatic rings. The third kappa shape index (κ3) is 6.34. The van der Waals surface area contributed by atoms with Crippen LogP contribution in [0.1, 0.15) is 28.4 Å². The topological polar surface area (TPSA) is 97.8 Å². The van der Waals surface area contributed by atoms with E-state index in [1.54, 1.807) is 12.5 Å². The van der Waals surface area contributed by atoms with Gasteiger partial charge in [-0.2, -0.15) is 0 Å². The van der Waals surface area contributed by atoms with Crippen LogP contribution in [-0.2, 0) is 11.4 Å². The number of hydrogen-bond donors (Lipinski definition) is 2. The number of hydrogen-bond acceptors (Lipinski definition) is 6. The van der Waals surface area contributed by atoms with Crippen molar-refractivity contribution in [1.82, 2.24) is 4.98 Å². The number of benzene rings is 3. The first-order valence-corrected chi connectivity index (χ1v) is 12.9. The number of ether oxygens (including phenoxy) is 2. The van der Waals surface area contributed by atoms with Gasteiger partial charge in [0, 0.05) is 27.6 Å². The van der Waals surface area contributed by atoms with Crippen LogP contribution in [0.15, 0.2) is 71.6 Å². The zero-order valence-corrected chi connectivity index (χ0v) is 22.7. The van der Waals surface area contributed by atoms with Crippen LogP contribution in [0.5, 0.6) is 11.5 Å². The Bertz CT molecular complexity index is 1500. The summed E-state index contributed by atoms with van der Waals surface area (Å²) in [6.45, 7) is 1.81. The fourth-order valence-electron chi connectivity index (χ4n) is 3.53. The van der Waals surface area contributed by atoms with Crippen molar-refractivity contribution in [2.24, 2.45) is 0 Å². The van der Waals surface area contributed by atoms with Gasteiger partial charge in [0.25, 0.3) is 5.91 Å². The smallest absolute Gasteiger partial charge is 0.331 e. The fraction of sp³-hybridized carbons (Fsp3) is 0.107. The summed E-state index contributed by atoms with van der Waals surface area (Å²) in [7, 11) is 1.56. The Kier molecular flexibility index (Phi) is 8.68. The highest BCUT2D eigenvalue weighted by atomic mass is 35.5. The predicted molar refractivity (Wildman–Crippen MR) is 151 cm³/mol. The van der Waals surface area contributed by atoms with E-state index < -0.39 is 11.9 Å². The highest BCUT2D eigenvalue weighted by Crippen LogP contribution is 2.39. The van der Waals surface area contributed by atoms with Crippen molar-refractivity contribution in [2.45, 2.75) is 13.5 Å². The first-order chi connectivity index (χ1) is 18.3. The molecule has 4 rings (SSSR count). The maximum absolute atomic E-state index is 12.9. The Hall–Kier alpha value is -3.85. The first kappa shape index (κ1) is 27.2. The fourth-order valence-corrected chi connectivity index (χ4v) is 4.83. The van der Waals surface area contributed by atoms with Gasteiger partial charge in [-0.15, -0.1) is 11.3 Å². The summed E-state index contributed by atoms with van der Waals surface area (Å²) in [6.07, 6.45) is 1.35. The molecule has 7 nitrogen and oxygen atoms in total. The van der Waals surface area contributed by atoms with E-state index in [-0.39, 0.29) is 21.2 Å². The average molecular weight is 569 g/mol. The highest BCUT2D eigenvalue weighted by molar-refractivity contribution is 7.14. The number of carbonyl (C=O) groups excluding carboxylic acids is 1. The number of nitrogens with one attached hydrogen (secondary N) is 1. The monoisotopic (exact) mass is 568 g/mol. The van der Waals surface area contributed by atoms with Gasteiger partial charge < -0.3 is 14.6 Å². The Morgan fingerprint density at radius 1 is 1.08 bits per heavy atom. The Labute approximate surface area is 233 Å². The van der Waals surface area contributed by atoms with Crippen molar-refractivity contribution < 1.29 is 24.2 Å². The molecule has 38 heavy (non-hydrogen) atoms. The van der Waals surface area contributed by atoms with Crippen molar-refractivity contribution in [2.75, 3.05) is 12.4 Å². The molecule has 0 fully saturated rings. The molecule has 3 aromatic carbocycles. The number of para-hydroxylation sites is 1. The minimum absolute atomic E-state index is 0.0614. The molecule has 1 amide bonds. The lowest BCUT2D eigenvalue weighted by molar-refractivity contribution is -0.132. The molecule has 1 heterocycles. The lowest BCUT2D eigenvalue weighted by Crippen LogP contribution is -2.12. The Morgan fingerprint density at radius 2 is 1.79 bits per heavy atom. The lowest BCUT2D eigenvalue weighted by Gasteiger charge is -2.13. The van der Waals surface area contributed by atoms with Gasteiger partial charge in [0.2, 0.25) is 0 Å². The molecule has 0 saturated heterocycles. The predicted octanol–water partition coefficient (Wildman–Crippen LogP) is 7.44. The second kappa shape index (κ2) is 12.1. The number of methoxy groups -OCH3 is 1. The summed E-state index contributed by atoms with van der Waals surface area (Å²) < 4.78 is 11.6. The summed E-state index contributed by atoms with van der Waals surface area (Å²) in [5.41, 5.74) is 2.93. The van der Waals surface area contributed by atoms with E-state index in [1.165, 1.54) is 36.5 Å². The first-order valence-electron chi connectivity index (χ1n) is 11.3. The highest BCUT2D eigenvalue weighted by Gasteiger charge is 2.18. The zero-order chi connectivity index (χ0) is 27.2. The number of aromatic nitrogens is 1. The zero-order valence-electron chi connectivity index (χ0n) is 20.3. The van der Waals surface area contributed by atoms with E-state index in [1.807, 2.05) is 48.5 Å². The van der Waals surface area contributed by atoms with Gasteiger partial charge in [-0.3, -0.25) is 10.1 Å². The van der Waals surface area contributed by atoms with Crippen molar-refractivity contribution in [3.63, 3.8) is 0 Å². The molecule has 0 aliphatic carbocycles. The molecule has 4 aromatic rings. The number of carboxylic acid groups (broad SMARTS) is 1. The van der Waals surface area contributed by atoms with Crippen LogP contribution in [0, 0.1) is 0 Å². The van der Waals surface area contributed by atoms with E-state index in [2.05, 4.69) is 10.3 Å². The molecule has 0 unspecified atom stereocenters. The number of carbonyl (C=O) groups is 2. The molecule has 194 valence electrons. The molecule has 0 bridgehead atoms. The van der Waals surface area contributed by atoms with Crippen molar-refractivity contribution in [3.05, 3.63) is 98.4 Å². The summed E-state index contributed by atoms with van der Waals surface area (Å²) in [5.74, 6) is -0.454. The Balaban J connectivity index is 1.52. The second-order valence-corrected chi connectivity index (χ2v) is 9.76. The van der Waals surface area contributed by atoms with Crippen LogP contribution in [0.25, 0.3) is 17.3 Å². The quantitative estimate of drug-likeness (QED) is 0.203. The van der Waals surface area contributed by atoms with Gasteiger partial charge in [-0.25, -0.2) is 9.78 Å². The minimum Gasteiger partial charge on any atom is -0.492 e. The standard InChI is InChI=1S/C28H22Cl2N2O5S/c1-16(27(34)35)11-20-21(29)12-18(13-22(20)30)26(33)32-28-31-23(15-38-28)19-9-6-10-24(25(19)36-2)37-14-17-7-4-3-5-8-17/h3-13,15H,14H2,1-2H3,(H,34,35)(H,31,32,33). The van der Waals surface area contributed by atoms with Crippen molar-refractivity contribution in [3.8, 4) is 22.8 Å². The summed E-state index contributed by atoms with van der Waals surface area (Å²) in [4.78, 5) is 28.6. The molecule has 10 heteroatoms. The molecule has 0 aliphatic heterocycles. The van der Waals surface area contributed by atoms with Crippen LogP contribution in [0.2, 0.25) is 10.0 Å². The molecule has 1 aromatic heterocycles. The number of halogens is 2. The van der Waals surface area contributed by atoms with Crippen molar-refractivity contribution >= 4 is 57.6 Å². The average Bonchev–Trinajstić information content (AvgIpc) is 3.37. The Morgan fingerprint density at radius 3 is 2.45 bits per heavy atom. The van der Waals surface area contributed by atoms with Crippen LogP contribution in [-0.4, -0.2) is 29.1 Å². The van der Waals surface area contributed by atoms with E-state index >= 15 is 0 Å². The minimum atomic E-state index is -1.09. The van der Waals surface area contributed by atoms with E-state index in [9.17, 15) is 9.59 Å². The van der Waals surface area contributed by atoms with E-state index in [0.29, 0.717) is 40.1 Å². The molecule has 2 N–H and O–H groups in total. The van der Waals surface area contributed by atoms with Gasteiger partial charge >= 0.3 is 5.97 Å². The number of rotatable bonds is 9. The maximum Gasteiger partial charge on any atom is 0.331 e. The molecular formula is C28H22Cl2N2O5S. The lowest BCUT2D eigenvalue weighted by atomic mass is 10.1. The van der Waals surface area contributed by atoms with Gasteiger partial charge in [0.1, 0.15) is 6.61 Å². The third-order valence-corrected chi connectivity index (χ3v) is 6.84. The maximum atomic E-state index is 12.9. The van der Waals surface area contributed by atoms with Crippen LogP contribution in [0.4, 0.5) is 5.13 Å². The second-order valence-electron chi connectivity index (χ2n) is 8.09. The molecule has 0 spiro atoms. The third-order valence-electron chi connectivity index (χ3n) is 5.46. The van der Waals surface area contributed by atoms with E-state index in [0.717, 1.165) is 5.56 Å². The number of nitrogens with zero attached hydrogens (tertiary/aromatic N) is 1. The summed E-state index contributed by atoms with van der Waals surface area (Å²) >= 11 is 13.8. The molecule has 0 radical (unpaired) electrons. The van der Waals surface area contributed by atoms with Crippen LogP contribution < -0.4 is 14.8 Å². The number of amides is 1. The molecule has 0 saturated carbocycles. The van der Waals surface area contributed by atoms with Gasteiger partial charge in [-0.1, -0.05) is 59.6 Å². The molecule has 0 atom stereocenters. The SMILES string of the molecule is COc1c(OCc2ccccc2)cccc1-c1csc(NC(=O)c2cc(Cl)c(C=C(C)C(=O)O)c(Cl)c2)n1. The van der Waals surface area contributed by atoms with Gasteiger partial charge in [0.15, 0.2) is 16.6 Å². The van der Waals surface area contributed by atoms with E-state index in [4.69, 9.17) is 37.8 Å². The normalized spacial score (nSPS) is 11.2. The number of carboxylic acids is 1. The largest absolute Gasteiger partial charge is 0.492 e.